The number of rotatable bonds is 3. The third-order valence-electron chi connectivity index (χ3n) is 3.16. The van der Waals surface area contributed by atoms with Crippen LogP contribution in [-0.2, 0) is 6.54 Å². The lowest BCUT2D eigenvalue weighted by Crippen LogP contribution is -2.35. The molecule has 0 bridgehead atoms. The molecule has 0 saturated carbocycles. The first-order valence-electron chi connectivity index (χ1n) is 5.98. The number of guanidine groups is 1. The molecule has 1 aliphatic rings. The van der Waals surface area contributed by atoms with Gasteiger partial charge in [0.15, 0.2) is 5.96 Å². The largest absolute Gasteiger partial charge is 0.370 e. The Kier molecular flexibility index (Phi) is 3.02. The minimum Gasteiger partial charge on any atom is -0.370 e. The molecule has 0 amide bonds. The van der Waals surface area contributed by atoms with Gasteiger partial charge in [-0.05, 0) is 17.0 Å². The first kappa shape index (κ1) is 11.3. The van der Waals surface area contributed by atoms with Crippen molar-refractivity contribution in [2.45, 2.75) is 12.6 Å². The zero-order chi connectivity index (χ0) is 12.4. The number of hydrogen-bond donors (Lipinski definition) is 1. The van der Waals surface area contributed by atoms with Gasteiger partial charge in [-0.25, -0.2) is 0 Å². The molecule has 92 valence electrons. The first-order chi connectivity index (χ1) is 8.84. The lowest BCUT2D eigenvalue weighted by Gasteiger charge is -2.25. The molecule has 1 aromatic heterocycles. The minimum atomic E-state index is 0.296. The van der Waals surface area contributed by atoms with Crippen LogP contribution in [0.3, 0.4) is 0 Å². The summed E-state index contributed by atoms with van der Waals surface area (Å²) < 4.78 is 0. The van der Waals surface area contributed by atoms with Gasteiger partial charge in [0.2, 0.25) is 0 Å². The molecule has 0 fully saturated rings. The molecule has 3 nitrogen and oxygen atoms in total. The third-order valence-corrected chi connectivity index (χ3v) is 4.14. The van der Waals surface area contributed by atoms with Crippen molar-refractivity contribution >= 4 is 17.3 Å². The van der Waals surface area contributed by atoms with Gasteiger partial charge in [-0.1, -0.05) is 36.4 Å². The van der Waals surface area contributed by atoms with E-state index in [4.69, 9.17) is 5.73 Å². The Morgan fingerprint density at radius 2 is 2.06 bits per heavy atom. The maximum Gasteiger partial charge on any atom is 0.192 e. The average Bonchev–Trinajstić information content (AvgIpc) is 3.02. The van der Waals surface area contributed by atoms with Crippen molar-refractivity contribution in [3.63, 3.8) is 0 Å². The highest BCUT2D eigenvalue weighted by Crippen LogP contribution is 2.30. The molecule has 0 saturated heterocycles. The predicted molar refractivity (Wildman–Crippen MR) is 75.5 cm³/mol. The van der Waals surface area contributed by atoms with Crippen LogP contribution in [0.5, 0.6) is 0 Å². The van der Waals surface area contributed by atoms with E-state index in [1.165, 1.54) is 10.4 Å². The van der Waals surface area contributed by atoms with Crippen LogP contribution in [0.2, 0.25) is 0 Å². The lowest BCUT2D eigenvalue weighted by molar-refractivity contribution is 0.345. The molecule has 1 aliphatic heterocycles. The number of aliphatic imine (C=N–C) groups is 1. The van der Waals surface area contributed by atoms with Crippen molar-refractivity contribution in [2.24, 2.45) is 10.7 Å². The van der Waals surface area contributed by atoms with Crippen molar-refractivity contribution in [3.8, 4) is 0 Å². The fourth-order valence-corrected chi connectivity index (χ4v) is 3.06. The topological polar surface area (TPSA) is 41.6 Å². The summed E-state index contributed by atoms with van der Waals surface area (Å²) >= 11 is 1.77. The lowest BCUT2D eigenvalue weighted by atomic mass is 10.1. The smallest absolute Gasteiger partial charge is 0.192 e. The van der Waals surface area contributed by atoms with Crippen LogP contribution in [0.4, 0.5) is 0 Å². The Morgan fingerprint density at radius 1 is 1.22 bits per heavy atom. The van der Waals surface area contributed by atoms with Gasteiger partial charge in [0.1, 0.15) is 0 Å². The molecular weight excluding hydrogens is 242 g/mol. The summed E-state index contributed by atoms with van der Waals surface area (Å²) in [4.78, 5) is 7.89. The van der Waals surface area contributed by atoms with Gasteiger partial charge < -0.3 is 10.6 Å². The zero-order valence-electron chi connectivity index (χ0n) is 9.99. The summed E-state index contributed by atoms with van der Waals surface area (Å²) in [5.74, 6) is 0.650. The normalized spacial score (nSPS) is 19.0. The number of benzene rings is 1. The van der Waals surface area contributed by atoms with E-state index in [2.05, 4.69) is 51.7 Å². The maximum absolute atomic E-state index is 6.00. The van der Waals surface area contributed by atoms with Crippen molar-refractivity contribution in [3.05, 3.63) is 58.3 Å². The van der Waals surface area contributed by atoms with E-state index in [1.54, 1.807) is 11.3 Å². The summed E-state index contributed by atoms with van der Waals surface area (Å²) in [5.41, 5.74) is 7.27. The van der Waals surface area contributed by atoms with Crippen molar-refractivity contribution in [2.75, 3.05) is 6.54 Å². The molecule has 1 atom stereocenters. The van der Waals surface area contributed by atoms with Gasteiger partial charge in [-0.3, -0.25) is 4.99 Å². The molecule has 2 N–H and O–H groups in total. The second-order valence-electron chi connectivity index (χ2n) is 4.34. The standard InChI is InChI=1S/C14H15N3S/c15-14-16-9-12(13-7-4-8-18-13)17(14)10-11-5-2-1-3-6-11/h1-8,12H,9-10H2,(H2,15,16). The van der Waals surface area contributed by atoms with E-state index in [9.17, 15) is 0 Å². The van der Waals surface area contributed by atoms with E-state index in [0.717, 1.165) is 13.1 Å². The number of hydrogen-bond acceptors (Lipinski definition) is 4. The molecular formula is C14H15N3S. The van der Waals surface area contributed by atoms with Crippen LogP contribution in [-0.4, -0.2) is 17.4 Å². The highest BCUT2D eigenvalue weighted by molar-refractivity contribution is 7.10. The Bertz CT molecular complexity index is 533. The predicted octanol–water partition coefficient (Wildman–Crippen LogP) is 2.62. The third kappa shape index (κ3) is 2.11. The minimum absolute atomic E-state index is 0.296. The fraction of sp³-hybridized carbons (Fsp3) is 0.214. The second kappa shape index (κ2) is 4.82. The molecule has 0 aliphatic carbocycles. The van der Waals surface area contributed by atoms with Gasteiger partial charge in [0.25, 0.3) is 0 Å². The highest BCUT2D eigenvalue weighted by atomic mass is 32.1. The van der Waals surface area contributed by atoms with Crippen LogP contribution in [0.15, 0.2) is 52.8 Å². The number of nitrogens with zero attached hydrogens (tertiary/aromatic N) is 2. The Hall–Kier alpha value is -1.81. The van der Waals surface area contributed by atoms with Gasteiger partial charge >= 0.3 is 0 Å². The van der Waals surface area contributed by atoms with Gasteiger partial charge in [-0.2, -0.15) is 0 Å². The highest BCUT2D eigenvalue weighted by Gasteiger charge is 2.27. The second-order valence-corrected chi connectivity index (χ2v) is 5.32. The van der Waals surface area contributed by atoms with E-state index >= 15 is 0 Å². The molecule has 2 heterocycles. The van der Waals surface area contributed by atoms with E-state index in [-0.39, 0.29) is 0 Å². The summed E-state index contributed by atoms with van der Waals surface area (Å²) in [6.07, 6.45) is 0. The SMILES string of the molecule is NC1=NCC(c2cccs2)N1Cc1ccccc1. The van der Waals surface area contributed by atoms with E-state index in [0.29, 0.717) is 12.0 Å². The molecule has 3 rings (SSSR count). The summed E-state index contributed by atoms with van der Waals surface area (Å²) in [6, 6.07) is 14.9. The van der Waals surface area contributed by atoms with Crippen LogP contribution in [0.1, 0.15) is 16.5 Å². The summed E-state index contributed by atoms with van der Waals surface area (Å²) in [5, 5.41) is 2.10. The molecule has 1 aromatic carbocycles. The van der Waals surface area contributed by atoms with Gasteiger partial charge in [0, 0.05) is 11.4 Å². The van der Waals surface area contributed by atoms with Crippen LogP contribution in [0, 0.1) is 0 Å². The molecule has 18 heavy (non-hydrogen) atoms. The van der Waals surface area contributed by atoms with Gasteiger partial charge in [-0.15, -0.1) is 11.3 Å². The van der Waals surface area contributed by atoms with Crippen molar-refractivity contribution in [1.29, 1.82) is 0 Å². The maximum atomic E-state index is 6.00. The Labute approximate surface area is 111 Å². The van der Waals surface area contributed by atoms with Gasteiger partial charge in [0.05, 0.1) is 12.6 Å². The average molecular weight is 257 g/mol. The zero-order valence-corrected chi connectivity index (χ0v) is 10.8. The molecule has 4 heteroatoms. The van der Waals surface area contributed by atoms with Crippen LogP contribution >= 0.6 is 11.3 Å². The summed E-state index contributed by atoms with van der Waals surface area (Å²) in [7, 11) is 0. The van der Waals surface area contributed by atoms with Crippen molar-refractivity contribution in [1.82, 2.24) is 4.90 Å². The summed E-state index contributed by atoms with van der Waals surface area (Å²) in [6.45, 7) is 1.58. The van der Waals surface area contributed by atoms with E-state index < -0.39 is 0 Å². The number of nitrogens with two attached hydrogens (primary N) is 1. The molecule has 1 unspecified atom stereocenters. The molecule has 2 aromatic rings. The number of thiophene rings is 1. The Morgan fingerprint density at radius 3 is 2.78 bits per heavy atom. The molecule has 0 spiro atoms. The quantitative estimate of drug-likeness (QED) is 0.918. The van der Waals surface area contributed by atoms with Crippen LogP contribution in [0.25, 0.3) is 0 Å². The molecule has 0 radical (unpaired) electrons. The van der Waals surface area contributed by atoms with E-state index in [1.807, 2.05) is 6.07 Å². The monoisotopic (exact) mass is 257 g/mol. The Balaban J connectivity index is 1.82. The fourth-order valence-electron chi connectivity index (χ4n) is 2.22. The van der Waals surface area contributed by atoms with Crippen LogP contribution < -0.4 is 5.73 Å². The van der Waals surface area contributed by atoms with Crippen molar-refractivity contribution < 1.29 is 0 Å². The first-order valence-corrected chi connectivity index (χ1v) is 6.86.